The molecular weight excluding hydrogens is 522 g/mol. The van der Waals surface area contributed by atoms with Gasteiger partial charge in [0.25, 0.3) is 0 Å². The van der Waals surface area contributed by atoms with Crippen LogP contribution in [0.5, 0.6) is 0 Å². The topological polar surface area (TPSA) is 89.1 Å². The normalized spacial score (nSPS) is 14.8. The number of anilines is 2. The number of fused-ring (bicyclic) bond motifs is 1. The number of carbonyl (C=O) groups excluding carboxylic acids is 1. The van der Waals surface area contributed by atoms with Gasteiger partial charge in [-0.1, -0.05) is 29.8 Å². The van der Waals surface area contributed by atoms with Gasteiger partial charge in [0.15, 0.2) is 0 Å². The lowest BCUT2D eigenvalue weighted by Gasteiger charge is -2.29. The third-order valence-corrected chi connectivity index (χ3v) is 7.72. The minimum Gasteiger partial charge on any atom is -0.351 e. The Morgan fingerprint density at radius 3 is 2.54 bits per heavy atom. The van der Waals surface area contributed by atoms with Gasteiger partial charge in [0, 0.05) is 42.9 Å². The molecule has 2 aromatic heterocycles. The van der Waals surface area contributed by atoms with E-state index in [0.29, 0.717) is 42.0 Å². The van der Waals surface area contributed by atoms with E-state index in [1.165, 1.54) is 0 Å². The highest BCUT2D eigenvalue weighted by Gasteiger charge is 2.31. The predicted octanol–water partition coefficient (Wildman–Crippen LogP) is 6.41. The van der Waals surface area contributed by atoms with E-state index >= 15 is 8.78 Å². The first kappa shape index (κ1) is 25.3. The molecule has 4 aromatic rings. The Morgan fingerprint density at radius 1 is 1.13 bits per heavy atom. The zero-order valence-corrected chi connectivity index (χ0v) is 22.3. The molecule has 0 atom stereocenters. The van der Waals surface area contributed by atoms with Gasteiger partial charge in [-0.2, -0.15) is 5.10 Å². The molecule has 0 saturated heterocycles. The number of primary amides is 1. The number of nitrogens with two attached hydrogens (primary N) is 1. The Labute approximate surface area is 229 Å². The van der Waals surface area contributed by atoms with Gasteiger partial charge in [-0.05, 0) is 61.4 Å². The summed E-state index contributed by atoms with van der Waals surface area (Å²) in [6.45, 7) is 4.92. The maximum atomic E-state index is 15.7. The number of urea groups is 1. The number of nitrogens with one attached hydrogen (secondary N) is 1. The number of hydrogen-bond acceptors (Lipinski definition) is 4. The van der Waals surface area contributed by atoms with Crippen LogP contribution in [-0.4, -0.2) is 27.3 Å². The zero-order chi connectivity index (χ0) is 27.4. The highest BCUT2D eigenvalue weighted by atomic mass is 35.5. The Kier molecular flexibility index (Phi) is 6.26. The summed E-state index contributed by atoms with van der Waals surface area (Å²) in [7, 11) is 0. The van der Waals surface area contributed by atoms with E-state index in [0.717, 1.165) is 58.6 Å². The summed E-state index contributed by atoms with van der Waals surface area (Å²) in [6, 6.07) is 8.89. The zero-order valence-electron chi connectivity index (χ0n) is 21.6. The highest BCUT2D eigenvalue weighted by molar-refractivity contribution is 6.33. The number of halogens is 3. The number of amides is 2. The average molecular weight is 549 g/mol. The molecule has 1 fully saturated rings. The molecule has 0 unspecified atom stereocenters. The van der Waals surface area contributed by atoms with Gasteiger partial charge in [-0.25, -0.2) is 23.2 Å². The van der Waals surface area contributed by atoms with Gasteiger partial charge in [-0.3, -0.25) is 0 Å². The average Bonchev–Trinajstić information content (AvgIpc) is 3.67. The molecule has 200 valence electrons. The van der Waals surface area contributed by atoms with Gasteiger partial charge in [0.2, 0.25) is 0 Å². The fourth-order valence-electron chi connectivity index (χ4n) is 5.41. The lowest BCUT2D eigenvalue weighted by molar-refractivity contribution is 0.259. The van der Waals surface area contributed by atoms with E-state index in [4.69, 9.17) is 22.4 Å². The fourth-order valence-corrected chi connectivity index (χ4v) is 5.70. The molecule has 39 heavy (non-hydrogen) atoms. The van der Waals surface area contributed by atoms with Crippen LogP contribution < -0.4 is 16.0 Å². The van der Waals surface area contributed by atoms with Crippen LogP contribution in [0.4, 0.5) is 25.1 Å². The standard InChI is InChI=1S/C29H27ClF2N6O/c1-15-4-3-5-16(2)26(15)38-27(19-11-23(32)25(12-22(19)31)35-29(33)39)20-14-37(9-8-24(20)36-38)28-21(30)10-18(13-34-28)17-6-7-17/h3-5,10-13,17H,6-9,14H2,1-2H3,(H3,33,35,39). The maximum Gasteiger partial charge on any atom is 0.316 e. The van der Waals surface area contributed by atoms with Crippen molar-refractivity contribution in [2.45, 2.75) is 45.6 Å². The third-order valence-electron chi connectivity index (χ3n) is 7.45. The molecule has 7 nitrogen and oxygen atoms in total. The van der Waals surface area contributed by atoms with Crippen molar-refractivity contribution in [1.29, 1.82) is 0 Å². The summed E-state index contributed by atoms with van der Waals surface area (Å²) < 4.78 is 32.5. The molecule has 3 N–H and O–H groups in total. The van der Waals surface area contributed by atoms with Gasteiger partial charge >= 0.3 is 6.03 Å². The molecule has 1 aliphatic heterocycles. The Bertz CT molecular complexity index is 1610. The molecular formula is C29H27ClF2N6O. The highest BCUT2D eigenvalue weighted by Crippen LogP contribution is 2.43. The van der Waals surface area contributed by atoms with Gasteiger partial charge < -0.3 is 16.0 Å². The van der Waals surface area contributed by atoms with Crippen molar-refractivity contribution >= 4 is 29.1 Å². The third kappa shape index (κ3) is 4.61. The smallest absolute Gasteiger partial charge is 0.316 e. The van der Waals surface area contributed by atoms with Crippen LogP contribution in [0.15, 0.2) is 42.6 Å². The number of rotatable bonds is 5. The van der Waals surface area contributed by atoms with Crippen molar-refractivity contribution in [1.82, 2.24) is 14.8 Å². The van der Waals surface area contributed by atoms with E-state index < -0.39 is 17.7 Å². The lowest BCUT2D eigenvalue weighted by atomic mass is 9.99. The SMILES string of the molecule is Cc1cccc(C)c1-n1nc2c(c1-c1cc(F)c(NC(N)=O)cc1F)CN(c1ncc(C3CC3)cc1Cl)CC2. The summed E-state index contributed by atoms with van der Waals surface area (Å²) in [4.78, 5) is 18.0. The summed E-state index contributed by atoms with van der Waals surface area (Å²) in [5.41, 5.74) is 10.7. The molecule has 1 saturated carbocycles. The van der Waals surface area contributed by atoms with E-state index in [-0.39, 0.29) is 11.3 Å². The van der Waals surface area contributed by atoms with Crippen LogP contribution >= 0.6 is 11.6 Å². The minimum absolute atomic E-state index is 0.0314. The number of aryl methyl sites for hydroxylation is 2. The number of pyridine rings is 1. The lowest BCUT2D eigenvalue weighted by Crippen LogP contribution is -2.31. The quantitative estimate of drug-likeness (QED) is 0.301. The monoisotopic (exact) mass is 548 g/mol. The van der Waals surface area contributed by atoms with Crippen LogP contribution in [0, 0.1) is 25.5 Å². The molecule has 10 heteroatoms. The first-order valence-corrected chi connectivity index (χ1v) is 13.2. The Hall–Kier alpha value is -3.98. The van der Waals surface area contributed by atoms with Crippen molar-refractivity contribution in [2.75, 3.05) is 16.8 Å². The first-order chi connectivity index (χ1) is 18.7. The second-order valence-electron chi connectivity index (χ2n) is 10.2. The number of benzene rings is 2. The second-order valence-corrected chi connectivity index (χ2v) is 10.7. The van der Waals surface area contributed by atoms with Crippen molar-refractivity contribution < 1.29 is 13.6 Å². The van der Waals surface area contributed by atoms with E-state index in [2.05, 4.69) is 15.2 Å². The molecule has 0 bridgehead atoms. The molecule has 1 aliphatic carbocycles. The predicted molar refractivity (Wildman–Crippen MR) is 148 cm³/mol. The van der Waals surface area contributed by atoms with Crippen LogP contribution in [0.1, 0.15) is 46.7 Å². The summed E-state index contributed by atoms with van der Waals surface area (Å²) in [5.74, 6) is -0.326. The number of nitrogens with zero attached hydrogens (tertiary/aromatic N) is 4. The van der Waals surface area contributed by atoms with Crippen molar-refractivity contribution in [3.05, 3.63) is 87.2 Å². The fraction of sp³-hybridized carbons (Fsp3) is 0.276. The van der Waals surface area contributed by atoms with Gasteiger partial charge in [-0.15, -0.1) is 0 Å². The van der Waals surface area contributed by atoms with Crippen LogP contribution in [-0.2, 0) is 13.0 Å². The van der Waals surface area contributed by atoms with Gasteiger partial charge in [0.1, 0.15) is 17.5 Å². The van der Waals surface area contributed by atoms with Crippen LogP contribution in [0.3, 0.4) is 0 Å². The number of hydrogen-bond donors (Lipinski definition) is 2. The molecule has 2 amide bonds. The van der Waals surface area contributed by atoms with E-state index in [9.17, 15) is 4.79 Å². The number of para-hydroxylation sites is 1. The summed E-state index contributed by atoms with van der Waals surface area (Å²) >= 11 is 6.69. The summed E-state index contributed by atoms with van der Waals surface area (Å²) in [5, 5.41) is 7.62. The van der Waals surface area contributed by atoms with Crippen molar-refractivity contribution in [3.8, 4) is 16.9 Å². The van der Waals surface area contributed by atoms with E-state index in [1.54, 1.807) is 4.68 Å². The van der Waals surface area contributed by atoms with Crippen LogP contribution in [0.25, 0.3) is 16.9 Å². The van der Waals surface area contributed by atoms with Gasteiger partial charge in [0.05, 0.1) is 27.8 Å². The number of carbonyl (C=O) groups is 1. The Morgan fingerprint density at radius 2 is 1.87 bits per heavy atom. The van der Waals surface area contributed by atoms with Crippen molar-refractivity contribution in [3.63, 3.8) is 0 Å². The first-order valence-electron chi connectivity index (χ1n) is 12.8. The molecule has 2 aromatic carbocycles. The molecule has 2 aliphatic rings. The van der Waals surface area contributed by atoms with Crippen molar-refractivity contribution in [2.24, 2.45) is 5.73 Å². The minimum atomic E-state index is -0.980. The van der Waals surface area contributed by atoms with E-state index in [1.807, 2.05) is 44.3 Å². The largest absolute Gasteiger partial charge is 0.351 e. The molecule has 3 heterocycles. The maximum absolute atomic E-state index is 15.7. The number of aromatic nitrogens is 3. The molecule has 0 spiro atoms. The molecule has 6 rings (SSSR count). The Balaban J connectivity index is 1.50. The second kappa shape index (κ2) is 9.64. The molecule has 0 radical (unpaired) electrons. The van der Waals surface area contributed by atoms with Crippen LogP contribution in [0.2, 0.25) is 5.02 Å². The summed E-state index contributed by atoms with van der Waals surface area (Å²) in [6.07, 6.45) is 4.77.